The lowest BCUT2D eigenvalue weighted by molar-refractivity contribution is 0.0617. The molecular weight excluding hydrogens is 453 g/mol. The number of hydrogen-bond acceptors (Lipinski definition) is 3. The van der Waals surface area contributed by atoms with Crippen molar-refractivity contribution in [3.8, 4) is 0 Å². The van der Waals surface area contributed by atoms with E-state index in [4.69, 9.17) is 4.74 Å². The zero-order valence-electron chi connectivity index (χ0n) is 16.2. The second-order valence-electron chi connectivity index (χ2n) is 6.44. The minimum absolute atomic E-state index is 0. The number of benzene rings is 2. The molecule has 0 bridgehead atoms. The number of aliphatic imine (C=N–C) groups is 1. The Morgan fingerprint density at radius 2 is 1.78 bits per heavy atom. The predicted octanol–water partition coefficient (Wildman–Crippen LogP) is 3.41. The van der Waals surface area contributed by atoms with Crippen LogP contribution in [0.4, 0.5) is 0 Å². The Balaban J connectivity index is 0.00000364. The molecule has 2 aromatic rings. The van der Waals surface area contributed by atoms with Crippen LogP contribution < -0.4 is 10.6 Å². The summed E-state index contributed by atoms with van der Waals surface area (Å²) in [5.41, 5.74) is 2.14. The van der Waals surface area contributed by atoms with E-state index in [0.717, 1.165) is 23.2 Å². The van der Waals surface area contributed by atoms with Crippen LogP contribution in [0.1, 0.15) is 30.5 Å². The van der Waals surface area contributed by atoms with Crippen molar-refractivity contribution in [2.24, 2.45) is 4.99 Å². The van der Waals surface area contributed by atoms with Gasteiger partial charge in [0.2, 0.25) is 0 Å². The van der Waals surface area contributed by atoms with Crippen molar-refractivity contribution in [1.29, 1.82) is 0 Å². The normalized spacial score (nSPS) is 13.4. The van der Waals surface area contributed by atoms with E-state index in [9.17, 15) is 5.11 Å². The van der Waals surface area contributed by atoms with Crippen LogP contribution in [0.25, 0.3) is 0 Å². The molecule has 0 amide bonds. The number of ether oxygens (including phenoxy) is 1. The first-order valence-electron chi connectivity index (χ1n) is 8.92. The van der Waals surface area contributed by atoms with E-state index in [1.54, 1.807) is 14.0 Å². The predicted molar refractivity (Wildman–Crippen MR) is 121 cm³/mol. The summed E-state index contributed by atoms with van der Waals surface area (Å²) in [5.74, 6) is 0.681. The van der Waals surface area contributed by atoms with Crippen LogP contribution in [0.3, 0.4) is 0 Å². The van der Waals surface area contributed by atoms with Crippen molar-refractivity contribution >= 4 is 29.9 Å². The number of nitrogens with one attached hydrogen (secondary N) is 2. The van der Waals surface area contributed by atoms with Crippen LogP contribution in [0.5, 0.6) is 0 Å². The van der Waals surface area contributed by atoms with Gasteiger partial charge >= 0.3 is 0 Å². The van der Waals surface area contributed by atoms with Gasteiger partial charge in [-0.25, -0.2) is 4.99 Å². The zero-order chi connectivity index (χ0) is 18.8. The molecule has 2 aromatic carbocycles. The van der Waals surface area contributed by atoms with Crippen LogP contribution in [-0.4, -0.2) is 31.3 Å². The van der Waals surface area contributed by atoms with Crippen molar-refractivity contribution < 1.29 is 9.84 Å². The minimum atomic E-state index is -0.976. The van der Waals surface area contributed by atoms with E-state index in [-0.39, 0.29) is 24.0 Å². The molecule has 0 saturated heterocycles. The maximum absolute atomic E-state index is 10.7. The second-order valence-corrected chi connectivity index (χ2v) is 6.44. The molecule has 0 fully saturated rings. The summed E-state index contributed by atoms with van der Waals surface area (Å²) in [6.07, 6.45) is 0. The summed E-state index contributed by atoms with van der Waals surface area (Å²) in [5, 5.41) is 17.2. The molecule has 0 aliphatic heterocycles. The Hall–Kier alpha value is -1.64. The van der Waals surface area contributed by atoms with Crippen LogP contribution in [0, 0.1) is 0 Å². The minimum Gasteiger partial charge on any atom is -0.384 e. The highest BCUT2D eigenvalue weighted by Crippen LogP contribution is 2.18. The van der Waals surface area contributed by atoms with Crippen molar-refractivity contribution in [2.45, 2.75) is 32.6 Å². The highest BCUT2D eigenvalue weighted by Gasteiger charge is 2.22. The van der Waals surface area contributed by atoms with Gasteiger partial charge < -0.3 is 20.5 Å². The van der Waals surface area contributed by atoms with Crippen molar-refractivity contribution in [3.05, 3.63) is 71.3 Å². The Kier molecular flexibility index (Phi) is 10.4. The van der Waals surface area contributed by atoms with E-state index in [2.05, 4.69) is 21.7 Å². The van der Waals surface area contributed by atoms with E-state index in [0.29, 0.717) is 25.7 Å². The Bertz CT molecular complexity index is 706. The molecule has 6 heteroatoms. The standard InChI is InChI=1S/C21H29N3O2.HI/c1-4-22-20(23-14-17-9-8-10-18(13-17)15-26-3)24-16-21(2,25)19-11-6-5-7-12-19;/h5-13,25H,4,14-16H2,1-3H3,(H2,22,23,24);1H. The highest BCUT2D eigenvalue weighted by atomic mass is 127. The third kappa shape index (κ3) is 7.86. The average Bonchev–Trinajstić information content (AvgIpc) is 2.65. The van der Waals surface area contributed by atoms with Gasteiger partial charge in [0.15, 0.2) is 5.96 Å². The monoisotopic (exact) mass is 483 g/mol. The summed E-state index contributed by atoms with van der Waals surface area (Å²) >= 11 is 0. The third-order valence-electron chi connectivity index (χ3n) is 4.06. The molecule has 3 N–H and O–H groups in total. The molecule has 0 spiro atoms. The van der Waals surface area contributed by atoms with Gasteiger partial charge in [-0.3, -0.25) is 0 Å². The van der Waals surface area contributed by atoms with Crippen LogP contribution in [0.2, 0.25) is 0 Å². The van der Waals surface area contributed by atoms with Gasteiger partial charge in [0.05, 0.1) is 19.7 Å². The molecule has 2 rings (SSSR count). The number of guanidine groups is 1. The first-order valence-corrected chi connectivity index (χ1v) is 8.92. The fraction of sp³-hybridized carbons (Fsp3) is 0.381. The fourth-order valence-corrected chi connectivity index (χ4v) is 2.65. The molecule has 0 aromatic heterocycles. The lowest BCUT2D eigenvalue weighted by atomic mass is 9.96. The van der Waals surface area contributed by atoms with Crippen molar-refractivity contribution in [3.63, 3.8) is 0 Å². The van der Waals surface area contributed by atoms with Crippen LogP contribution >= 0.6 is 24.0 Å². The van der Waals surface area contributed by atoms with E-state index >= 15 is 0 Å². The van der Waals surface area contributed by atoms with Crippen LogP contribution in [0.15, 0.2) is 59.6 Å². The maximum atomic E-state index is 10.7. The first-order chi connectivity index (χ1) is 12.5. The molecule has 0 aliphatic carbocycles. The molecule has 5 nitrogen and oxygen atoms in total. The zero-order valence-corrected chi connectivity index (χ0v) is 18.6. The van der Waals surface area contributed by atoms with Gasteiger partial charge in [-0.05, 0) is 30.5 Å². The number of rotatable bonds is 8. The fourth-order valence-electron chi connectivity index (χ4n) is 2.65. The molecular formula is C21H30IN3O2. The van der Waals surface area contributed by atoms with Gasteiger partial charge in [-0.15, -0.1) is 24.0 Å². The molecule has 1 atom stereocenters. The summed E-state index contributed by atoms with van der Waals surface area (Å²) in [4.78, 5) is 4.62. The largest absolute Gasteiger partial charge is 0.384 e. The van der Waals surface area contributed by atoms with E-state index in [1.165, 1.54) is 0 Å². The van der Waals surface area contributed by atoms with Crippen molar-refractivity contribution in [2.75, 3.05) is 20.2 Å². The van der Waals surface area contributed by atoms with Gasteiger partial charge in [-0.1, -0.05) is 54.6 Å². The lowest BCUT2D eigenvalue weighted by Crippen LogP contribution is -2.44. The number of halogens is 1. The second kappa shape index (κ2) is 11.9. The first kappa shape index (κ1) is 23.4. The Morgan fingerprint density at radius 3 is 2.44 bits per heavy atom. The molecule has 0 saturated carbocycles. The van der Waals surface area contributed by atoms with E-state index < -0.39 is 5.60 Å². The van der Waals surface area contributed by atoms with E-state index in [1.807, 2.05) is 55.5 Å². The summed E-state index contributed by atoms with van der Waals surface area (Å²) in [6.45, 7) is 6.09. The third-order valence-corrected chi connectivity index (χ3v) is 4.06. The number of hydrogen-bond donors (Lipinski definition) is 3. The smallest absolute Gasteiger partial charge is 0.191 e. The van der Waals surface area contributed by atoms with Gasteiger partial charge in [0.1, 0.15) is 5.60 Å². The summed E-state index contributed by atoms with van der Waals surface area (Å²) < 4.78 is 5.18. The Morgan fingerprint density at radius 1 is 1.07 bits per heavy atom. The lowest BCUT2D eigenvalue weighted by Gasteiger charge is -2.25. The molecule has 148 valence electrons. The van der Waals surface area contributed by atoms with Crippen molar-refractivity contribution in [1.82, 2.24) is 10.6 Å². The molecule has 27 heavy (non-hydrogen) atoms. The SMILES string of the molecule is CCNC(=NCc1cccc(COC)c1)NCC(C)(O)c1ccccc1.I. The summed E-state index contributed by atoms with van der Waals surface area (Å²) in [6, 6.07) is 17.8. The average molecular weight is 483 g/mol. The Labute approximate surface area is 179 Å². The number of nitrogens with zero attached hydrogens (tertiary/aromatic N) is 1. The highest BCUT2D eigenvalue weighted by molar-refractivity contribution is 14.0. The quantitative estimate of drug-likeness (QED) is 0.306. The number of methoxy groups -OCH3 is 1. The molecule has 0 heterocycles. The molecule has 1 unspecified atom stereocenters. The maximum Gasteiger partial charge on any atom is 0.191 e. The molecule has 0 radical (unpaired) electrons. The van der Waals surface area contributed by atoms with Gasteiger partial charge in [-0.2, -0.15) is 0 Å². The number of aliphatic hydroxyl groups is 1. The summed E-state index contributed by atoms with van der Waals surface area (Å²) in [7, 11) is 1.69. The van der Waals surface area contributed by atoms with Crippen LogP contribution in [-0.2, 0) is 23.5 Å². The molecule has 0 aliphatic rings. The topological polar surface area (TPSA) is 65.9 Å². The van der Waals surface area contributed by atoms with Gasteiger partial charge in [0, 0.05) is 13.7 Å². The van der Waals surface area contributed by atoms with Gasteiger partial charge in [0.25, 0.3) is 0 Å².